The van der Waals surface area contributed by atoms with Crippen molar-refractivity contribution in [3.63, 3.8) is 0 Å². The summed E-state index contributed by atoms with van der Waals surface area (Å²) < 4.78 is 6.25. The highest BCUT2D eigenvalue weighted by molar-refractivity contribution is 5.60. The van der Waals surface area contributed by atoms with Crippen LogP contribution < -0.4 is 16.7 Å². The first-order valence-electron chi connectivity index (χ1n) is 6.18. The molecule has 2 rings (SSSR count). The smallest absolute Gasteiger partial charge is 0.351 e. The van der Waals surface area contributed by atoms with Crippen LogP contribution >= 0.6 is 0 Å². The van der Waals surface area contributed by atoms with Gasteiger partial charge in [-0.3, -0.25) is 4.57 Å². The van der Waals surface area contributed by atoms with Crippen LogP contribution in [0.1, 0.15) is 6.23 Å². The van der Waals surface area contributed by atoms with E-state index in [1.807, 2.05) is 0 Å². The van der Waals surface area contributed by atoms with Crippen LogP contribution in [0, 0.1) is 12.3 Å². The molecule has 2 heterocycles. The Hall–Kier alpha value is -2.12. The molecule has 1 aliphatic heterocycles. The van der Waals surface area contributed by atoms with E-state index in [1.165, 1.54) is 6.20 Å². The third kappa shape index (κ3) is 2.84. The second-order valence-electron chi connectivity index (χ2n) is 4.52. The monoisotopic (exact) mass is 296 g/mol. The van der Waals surface area contributed by atoms with E-state index in [0.29, 0.717) is 5.69 Å². The number of nitrogens with zero attached hydrogens (tertiary/aromatic N) is 2. The van der Waals surface area contributed by atoms with Gasteiger partial charge in [0.2, 0.25) is 0 Å². The van der Waals surface area contributed by atoms with Crippen molar-refractivity contribution in [3.05, 3.63) is 16.7 Å². The molecule has 0 spiro atoms. The summed E-state index contributed by atoms with van der Waals surface area (Å²) in [5, 5.41) is 31.4. The van der Waals surface area contributed by atoms with Crippen molar-refractivity contribution in [3.8, 4) is 12.3 Å². The predicted molar refractivity (Wildman–Crippen MR) is 73.2 cm³/mol. The zero-order valence-corrected chi connectivity index (χ0v) is 11.0. The van der Waals surface area contributed by atoms with Crippen LogP contribution in [0.5, 0.6) is 0 Å². The van der Waals surface area contributed by atoms with Gasteiger partial charge in [-0.1, -0.05) is 5.92 Å². The summed E-state index contributed by atoms with van der Waals surface area (Å²) in [5.74, 6) is 2.30. The molecule has 0 bridgehead atoms. The quantitative estimate of drug-likeness (QED) is 0.383. The molecule has 6 N–H and O–H groups in total. The van der Waals surface area contributed by atoms with E-state index in [-0.39, 0.29) is 12.4 Å². The lowest BCUT2D eigenvalue weighted by molar-refractivity contribution is -0.0548. The Balaban J connectivity index is 2.36. The number of aliphatic hydroxyl groups is 3. The second-order valence-corrected chi connectivity index (χ2v) is 4.52. The van der Waals surface area contributed by atoms with Gasteiger partial charge in [0.15, 0.2) is 12.0 Å². The van der Waals surface area contributed by atoms with Crippen LogP contribution in [0.2, 0.25) is 0 Å². The molecular formula is C12H16N4O5. The number of terminal acetylenes is 1. The summed E-state index contributed by atoms with van der Waals surface area (Å²) >= 11 is 0. The van der Waals surface area contributed by atoms with Gasteiger partial charge in [-0.05, 0) is 0 Å². The number of nitrogens with two attached hydrogens (primary N) is 1. The van der Waals surface area contributed by atoms with Gasteiger partial charge in [0.25, 0.3) is 0 Å². The molecule has 1 aliphatic rings. The molecule has 0 saturated carbocycles. The average molecular weight is 296 g/mol. The highest BCUT2D eigenvalue weighted by Gasteiger charge is 2.43. The van der Waals surface area contributed by atoms with Crippen molar-refractivity contribution in [1.82, 2.24) is 9.55 Å². The van der Waals surface area contributed by atoms with Crippen molar-refractivity contribution in [2.75, 3.05) is 24.2 Å². The number of nitrogens with one attached hydrogen (secondary N) is 1. The minimum absolute atomic E-state index is 0.0433. The number of aromatic nitrogens is 2. The van der Waals surface area contributed by atoms with E-state index in [0.717, 1.165) is 4.57 Å². The molecule has 0 unspecified atom stereocenters. The molecule has 0 radical (unpaired) electrons. The molecule has 0 aromatic carbocycles. The zero-order valence-electron chi connectivity index (χ0n) is 11.0. The fourth-order valence-corrected chi connectivity index (χ4v) is 2.06. The molecule has 21 heavy (non-hydrogen) atoms. The maximum atomic E-state index is 11.9. The minimum Gasteiger partial charge on any atom is -0.394 e. The largest absolute Gasteiger partial charge is 0.394 e. The van der Waals surface area contributed by atoms with Crippen molar-refractivity contribution in [2.45, 2.75) is 24.5 Å². The first-order chi connectivity index (χ1) is 9.99. The summed E-state index contributed by atoms with van der Waals surface area (Å²) in [4.78, 5) is 15.5. The number of anilines is 2. The highest BCUT2D eigenvalue weighted by atomic mass is 16.6. The van der Waals surface area contributed by atoms with Gasteiger partial charge in [-0.2, -0.15) is 4.98 Å². The number of ether oxygens (including phenoxy) is 1. The molecule has 1 aromatic heterocycles. The highest BCUT2D eigenvalue weighted by Crippen LogP contribution is 2.29. The lowest BCUT2D eigenvalue weighted by atomic mass is 10.1. The minimum atomic E-state index is -1.38. The van der Waals surface area contributed by atoms with E-state index >= 15 is 0 Å². The zero-order chi connectivity index (χ0) is 15.6. The summed E-state index contributed by atoms with van der Waals surface area (Å²) in [5.41, 5.74) is 5.14. The Morgan fingerprint density at radius 2 is 2.24 bits per heavy atom. The Morgan fingerprint density at radius 1 is 1.52 bits per heavy atom. The molecule has 0 aliphatic carbocycles. The van der Waals surface area contributed by atoms with Crippen molar-refractivity contribution in [1.29, 1.82) is 0 Å². The fraction of sp³-hybridized carbons (Fsp3) is 0.500. The van der Waals surface area contributed by atoms with Gasteiger partial charge in [0.1, 0.15) is 18.3 Å². The summed E-state index contributed by atoms with van der Waals surface area (Å²) in [6.45, 7) is -0.325. The van der Waals surface area contributed by atoms with Gasteiger partial charge < -0.3 is 31.1 Å². The van der Waals surface area contributed by atoms with E-state index in [2.05, 4.69) is 16.2 Å². The van der Waals surface area contributed by atoms with Crippen LogP contribution in [0.3, 0.4) is 0 Å². The van der Waals surface area contributed by atoms with Crippen LogP contribution in [0.15, 0.2) is 11.0 Å². The Labute approximate surface area is 120 Å². The topological polar surface area (TPSA) is 143 Å². The molecular weight excluding hydrogens is 280 g/mol. The van der Waals surface area contributed by atoms with Crippen LogP contribution in [-0.4, -0.2) is 56.3 Å². The molecule has 9 nitrogen and oxygen atoms in total. The van der Waals surface area contributed by atoms with Crippen molar-refractivity contribution >= 4 is 11.5 Å². The van der Waals surface area contributed by atoms with Gasteiger partial charge >= 0.3 is 5.69 Å². The van der Waals surface area contributed by atoms with Crippen LogP contribution in [-0.2, 0) is 4.74 Å². The second kappa shape index (κ2) is 6.11. The number of hydrogen-bond acceptors (Lipinski definition) is 8. The third-order valence-corrected chi connectivity index (χ3v) is 3.15. The third-order valence-electron chi connectivity index (χ3n) is 3.15. The Kier molecular flexibility index (Phi) is 4.44. The van der Waals surface area contributed by atoms with E-state index in [4.69, 9.17) is 22.0 Å². The number of nitrogen functional groups attached to an aromatic ring is 1. The normalized spacial score (nSPS) is 28.3. The van der Waals surface area contributed by atoms with Gasteiger partial charge in [0, 0.05) is 6.20 Å². The maximum Gasteiger partial charge on any atom is 0.351 e. The van der Waals surface area contributed by atoms with E-state index in [1.54, 1.807) is 0 Å². The summed E-state index contributed by atoms with van der Waals surface area (Å²) in [6.07, 6.45) is 1.56. The van der Waals surface area contributed by atoms with Crippen molar-refractivity contribution in [2.24, 2.45) is 0 Å². The summed E-state index contributed by atoms with van der Waals surface area (Å²) in [7, 11) is 0. The lowest BCUT2D eigenvalue weighted by Crippen LogP contribution is -2.36. The fourth-order valence-electron chi connectivity index (χ4n) is 2.06. The summed E-state index contributed by atoms with van der Waals surface area (Å²) in [6, 6.07) is 0. The van der Waals surface area contributed by atoms with Gasteiger partial charge in [0.05, 0.1) is 18.8 Å². The SMILES string of the molecule is C#CCNc1cn([C@@H]2O[C@H](CO)[C@@H](O)[C@H]2O)c(=O)nc1N. The van der Waals surface area contributed by atoms with E-state index in [9.17, 15) is 15.0 Å². The number of rotatable bonds is 4. The lowest BCUT2D eigenvalue weighted by Gasteiger charge is -2.18. The molecule has 9 heteroatoms. The van der Waals surface area contributed by atoms with E-state index < -0.39 is 36.8 Å². The average Bonchev–Trinajstić information content (AvgIpc) is 2.74. The van der Waals surface area contributed by atoms with Crippen molar-refractivity contribution < 1.29 is 20.1 Å². The molecule has 4 atom stereocenters. The Bertz CT molecular complexity index is 611. The van der Waals surface area contributed by atoms with Crippen LogP contribution in [0.25, 0.3) is 0 Å². The standard InChI is InChI=1S/C12H16N4O5/c1-2-3-14-6-4-16(12(20)15-10(6)13)11-9(19)8(18)7(5-17)21-11/h1,4,7-9,11,14,17-19H,3,5H2,(H2,13,15,20)/t7-,8-,9-,11-/m1/s1. The van der Waals surface area contributed by atoms with Gasteiger partial charge in [-0.15, -0.1) is 6.42 Å². The predicted octanol–water partition coefficient (Wildman–Crippen LogP) is -2.52. The maximum absolute atomic E-state index is 11.9. The van der Waals surface area contributed by atoms with Gasteiger partial charge in [-0.25, -0.2) is 4.79 Å². The molecule has 1 fully saturated rings. The molecule has 1 aromatic rings. The first kappa shape index (κ1) is 15.3. The molecule has 114 valence electrons. The number of hydrogen-bond donors (Lipinski definition) is 5. The first-order valence-corrected chi connectivity index (χ1v) is 6.18. The Morgan fingerprint density at radius 3 is 2.81 bits per heavy atom. The molecule has 0 amide bonds. The van der Waals surface area contributed by atoms with Crippen LogP contribution in [0.4, 0.5) is 11.5 Å². The molecule has 1 saturated heterocycles. The number of aliphatic hydroxyl groups excluding tert-OH is 3.